The van der Waals surface area contributed by atoms with E-state index in [1.54, 1.807) is 0 Å². The van der Waals surface area contributed by atoms with Crippen molar-refractivity contribution in [3.63, 3.8) is 0 Å². The molecule has 1 aromatic heterocycles. The van der Waals surface area contributed by atoms with Crippen LogP contribution in [0, 0.1) is 13.8 Å². The molecule has 1 rings (SSSR count). The number of nitrogens with two attached hydrogens (primary N) is 1. The fraction of sp³-hybridized carbons (Fsp3) is 0.571. The maximum atomic E-state index is 5.51. The number of hydrogen-bond donors (Lipinski definition) is 1. The van der Waals surface area contributed by atoms with Crippen LogP contribution in [0.1, 0.15) is 17.0 Å². The van der Waals surface area contributed by atoms with Crippen molar-refractivity contribution in [3.8, 4) is 0 Å². The molecule has 0 aromatic carbocycles. The Balaban J connectivity index is -0.000000333. The summed E-state index contributed by atoms with van der Waals surface area (Å²) >= 11 is 0. The van der Waals surface area contributed by atoms with E-state index in [1.807, 2.05) is 25.6 Å². The zero-order chi connectivity index (χ0) is 7.72. The van der Waals surface area contributed by atoms with Crippen molar-refractivity contribution in [2.45, 2.75) is 20.4 Å². The van der Waals surface area contributed by atoms with Crippen molar-refractivity contribution in [1.82, 2.24) is 9.78 Å². The van der Waals surface area contributed by atoms with E-state index >= 15 is 0 Å². The molecule has 1 aromatic rings. The third-order valence-electron chi connectivity index (χ3n) is 1.86. The fourth-order valence-electron chi connectivity index (χ4n) is 1.11. The minimum absolute atomic E-state index is 0. The van der Waals surface area contributed by atoms with Gasteiger partial charge in [-0.25, -0.2) is 0 Å². The summed E-state index contributed by atoms with van der Waals surface area (Å²) in [6.45, 7) is 4.60. The van der Waals surface area contributed by atoms with E-state index < -0.39 is 0 Å². The zero-order valence-corrected chi connectivity index (χ0v) is 10.4. The lowest BCUT2D eigenvalue weighted by atomic mass is 10.2. The quantitative estimate of drug-likeness (QED) is 0.823. The van der Waals surface area contributed by atoms with Crippen LogP contribution in [0.15, 0.2) is 0 Å². The van der Waals surface area contributed by atoms with Crippen molar-refractivity contribution in [1.29, 1.82) is 0 Å². The van der Waals surface area contributed by atoms with Gasteiger partial charge in [0.15, 0.2) is 0 Å². The third-order valence-corrected chi connectivity index (χ3v) is 1.86. The Labute approximate surface area is 97.3 Å². The number of nitrogens with zero attached hydrogens (tertiary/aromatic N) is 2. The summed E-state index contributed by atoms with van der Waals surface area (Å²) in [5, 5.41) is 4.22. The van der Waals surface area contributed by atoms with Crippen LogP contribution in [-0.2, 0) is 13.6 Å². The van der Waals surface area contributed by atoms with E-state index in [2.05, 4.69) is 5.10 Å². The molecule has 0 radical (unpaired) electrons. The molecule has 0 saturated heterocycles. The molecule has 0 fully saturated rings. The first-order chi connectivity index (χ1) is 4.66. The first-order valence-electron chi connectivity index (χ1n) is 3.36. The lowest BCUT2D eigenvalue weighted by Gasteiger charge is -1.94. The van der Waals surface area contributed by atoms with E-state index in [0.29, 0.717) is 6.54 Å². The number of hydrogen-bond acceptors (Lipinski definition) is 2. The monoisotopic (exact) mass is 247 g/mol. The second kappa shape index (κ2) is 7.44. The summed E-state index contributed by atoms with van der Waals surface area (Å²) in [6, 6.07) is 0. The molecule has 6 heteroatoms. The molecule has 1 heterocycles. The van der Waals surface area contributed by atoms with Gasteiger partial charge < -0.3 is 5.73 Å². The molecule has 0 spiro atoms. The fourth-order valence-corrected chi connectivity index (χ4v) is 1.11. The standard InChI is InChI=1S/C7H13N3.3ClH/c1-5-7(4-8)6(2)10(3)9-5;;;/h4,8H2,1-3H3;3*1H. The predicted molar refractivity (Wildman–Crippen MR) is 62.3 cm³/mol. The topological polar surface area (TPSA) is 43.8 Å². The predicted octanol–water partition coefficient (Wildman–Crippen LogP) is 1.76. The van der Waals surface area contributed by atoms with Gasteiger partial charge in [0, 0.05) is 24.8 Å². The minimum atomic E-state index is 0. The van der Waals surface area contributed by atoms with Gasteiger partial charge in [0.05, 0.1) is 5.69 Å². The van der Waals surface area contributed by atoms with Crippen molar-refractivity contribution in [2.75, 3.05) is 0 Å². The lowest BCUT2D eigenvalue weighted by molar-refractivity contribution is 0.730. The molecule has 13 heavy (non-hydrogen) atoms. The summed E-state index contributed by atoms with van der Waals surface area (Å²) in [5.41, 5.74) is 8.89. The van der Waals surface area contributed by atoms with Crippen LogP contribution in [-0.4, -0.2) is 9.78 Å². The highest BCUT2D eigenvalue weighted by Crippen LogP contribution is 2.09. The zero-order valence-electron chi connectivity index (χ0n) is 7.90. The van der Waals surface area contributed by atoms with Gasteiger partial charge in [-0.1, -0.05) is 0 Å². The Bertz CT molecular complexity index is 247. The van der Waals surface area contributed by atoms with Gasteiger partial charge >= 0.3 is 0 Å². The smallest absolute Gasteiger partial charge is 0.0641 e. The van der Waals surface area contributed by atoms with E-state index in [-0.39, 0.29) is 37.2 Å². The van der Waals surface area contributed by atoms with Gasteiger partial charge in [0.1, 0.15) is 0 Å². The largest absolute Gasteiger partial charge is 0.326 e. The van der Waals surface area contributed by atoms with Crippen LogP contribution in [0.5, 0.6) is 0 Å². The minimum Gasteiger partial charge on any atom is -0.326 e. The first kappa shape index (κ1) is 18.8. The maximum Gasteiger partial charge on any atom is 0.0641 e. The van der Waals surface area contributed by atoms with E-state index in [4.69, 9.17) is 5.73 Å². The summed E-state index contributed by atoms with van der Waals surface area (Å²) in [4.78, 5) is 0. The molecule has 0 amide bonds. The molecular formula is C7H16Cl3N3. The van der Waals surface area contributed by atoms with Crippen molar-refractivity contribution in [2.24, 2.45) is 12.8 Å². The molecule has 3 nitrogen and oxygen atoms in total. The van der Waals surface area contributed by atoms with Crippen molar-refractivity contribution >= 4 is 37.2 Å². The molecule has 0 aliphatic rings. The number of rotatable bonds is 1. The van der Waals surface area contributed by atoms with Crippen LogP contribution in [0.25, 0.3) is 0 Å². The van der Waals surface area contributed by atoms with Crippen LogP contribution in [0.2, 0.25) is 0 Å². The Morgan fingerprint density at radius 3 is 1.85 bits per heavy atom. The summed E-state index contributed by atoms with van der Waals surface area (Å²) < 4.78 is 1.86. The number of halogens is 3. The van der Waals surface area contributed by atoms with E-state index in [9.17, 15) is 0 Å². The van der Waals surface area contributed by atoms with E-state index in [1.165, 1.54) is 11.3 Å². The molecular weight excluding hydrogens is 232 g/mol. The number of aryl methyl sites for hydroxylation is 2. The van der Waals surface area contributed by atoms with Crippen LogP contribution in [0.4, 0.5) is 0 Å². The Hall–Kier alpha value is 0.0400. The number of aromatic nitrogens is 2. The normalized spacial score (nSPS) is 8.00. The van der Waals surface area contributed by atoms with Gasteiger partial charge in [0.2, 0.25) is 0 Å². The SMILES string of the molecule is Cc1nn(C)c(C)c1CN.Cl.Cl.Cl. The average molecular weight is 249 g/mol. The molecule has 0 bridgehead atoms. The average Bonchev–Trinajstić information content (AvgIpc) is 2.09. The highest BCUT2D eigenvalue weighted by molar-refractivity contribution is 5.86. The van der Waals surface area contributed by atoms with Gasteiger partial charge in [-0.3, -0.25) is 4.68 Å². The second-order valence-electron chi connectivity index (χ2n) is 2.48. The van der Waals surface area contributed by atoms with E-state index in [0.717, 1.165) is 5.69 Å². The van der Waals surface area contributed by atoms with Gasteiger partial charge in [-0.15, -0.1) is 37.2 Å². The van der Waals surface area contributed by atoms with Crippen molar-refractivity contribution < 1.29 is 0 Å². The molecule has 0 aliphatic heterocycles. The molecule has 0 saturated carbocycles. The maximum absolute atomic E-state index is 5.51. The Morgan fingerprint density at radius 1 is 1.23 bits per heavy atom. The molecule has 2 N–H and O–H groups in total. The summed E-state index contributed by atoms with van der Waals surface area (Å²) in [6.07, 6.45) is 0. The highest BCUT2D eigenvalue weighted by Gasteiger charge is 2.05. The molecule has 0 atom stereocenters. The molecule has 80 valence electrons. The molecule has 0 aliphatic carbocycles. The van der Waals surface area contributed by atoms with Gasteiger partial charge in [-0.2, -0.15) is 5.10 Å². The van der Waals surface area contributed by atoms with Crippen LogP contribution < -0.4 is 5.73 Å². The van der Waals surface area contributed by atoms with Gasteiger partial charge in [0.25, 0.3) is 0 Å². The third kappa shape index (κ3) is 3.73. The molecule has 0 unspecified atom stereocenters. The highest BCUT2D eigenvalue weighted by atomic mass is 35.5. The Morgan fingerprint density at radius 2 is 1.69 bits per heavy atom. The summed E-state index contributed by atoms with van der Waals surface area (Å²) in [7, 11) is 1.93. The second-order valence-corrected chi connectivity index (χ2v) is 2.48. The summed E-state index contributed by atoms with van der Waals surface area (Å²) in [5.74, 6) is 0. The van der Waals surface area contributed by atoms with Crippen LogP contribution >= 0.6 is 37.2 Å². The van der Waals surface area contributed by atoms with Crippen molar-refractivity contribution in [3.05, 3.63) is 17.0 Å². The van der Waals surface area contributed by atoms with Crippen LogP contribution in [0.3, 0.4) is 0 Å². The Kier molecular flexibility index (Phi) is 10.7. The first-order valence-corrected chi connectivity index (χ1v) is 3.36. The lowest BCUT2D eigenvalue weighted by Crippen LogP contribution is -1.99. The van der Waals surface area contributed by atoms with Gasteiger partial charge in [-0.05, 0) is 13.8 Å².